The molecule has 3 heterocycles. The first kappa shape index (κ1) is 25.9. The van der Waals surface area contributed by atoms with E-state index in [1.165, 1.54) is 24.8 Å². The summed E-state index contributed by atoms with van der Waals surface area (Å²) in [7, 11) is 0. The molecule has 1 unspecified atom stereocenters. The number of amides is 2. The molecule has 2 aliphatic carbocycles. The van der Waals surface area contributed by atoms with Crippen molar-refractivity contribution >= 4 is 40.2 Å². The van der Waals surface area contributed by atoms with Crippen LogP contribution in [0.25, 0.3) is 28.2 Å². The lowest BCUT2D eigenvalue weighted by molar-refractivity contribution is -0.131. The lowest BCUT2D eigenvalue weighted by Gasteiger charge is -2.28. The Morgan fingerprint density at radius 1 is 0.975 bits per heavy atom. The van der Waals surface area contributed by atoms with Gasteiger partial charge in [0.25, 0.3) is 11.8 Å². The Kier molecular flexibility index (Phi) is 6.94. The number of fused-ring (bicyclic) bond motifs is 5. The molecule has 40 heavy (non-hydrogen) atoms. The fourth-order valence-corrected chi connectivity index (χ4v) is 7.66. The van der Waals surface area contributed by atoms with Gasteiger partial charge in [-0.2, -0.15) is 4.72 Å². The Bertz CT molecular complexity index is 1500. The topological polar surface area (TPSA) is 86.6 Å². The summed E-state index contributed by atoms with van der Waals surface area (Å²) in [5.41, 5.74) is 6.88. The van der Waals surface area contributed by atoms with Gasteiger partial charge in [-0.05, 0) is 48.1 Å². The zero-order valence-electron chi connectivity index (χ0n) is 22.7. The molecule has 7 nitrogen and oxygen atoms in total. The highest BCUT2D eigenvalue weighted by Gasteiger charge is 2.37. The quantitative estimate of drug-likeness (QED) is 0.439. The van der Waals surface area contributed by atoms with Crippen LogP contribution in [0.5, 0.6) is 0 Å². The van der Waals surface area contributed by atoms with Crippen molar-refractivity contribution in [1.29, 1.82) is 0 Å². The first-order valence-corrected chi connectivity index (χ1v) is 15.8. The first-order chi connectivity index (χ1) is 19.6. The summed E-state index contributed by atoms with van der Waals surface area (Å²) in [5, 5.41) is 1.22. The molecule has 1 saturated heterocycles. The van der Waals surface area contributed by atoms with Crippen LogP contribution in [-0.4, -0.2) is 57.4 Å². The Morgan fingerprint density at radius 2 is 1.75 bits per heavy atom. The van der Waals surface area contributed by atoms with Crippen LogP contribution >= 0.6 is 0 Å². The van der Waals surface area contributed by atoms with Crippen LogP contribution in [0.2, 0.25) is 0 Å². The summed E-state index contributed by atoms with van der Waals surface area (Å²) in [6, 6.07) is 14.3. The highest BCUT2D eigenvalue weighted by atomic mass is 32.2. The van der Waals surface area contributed by atoms with E-state index in [-0.39, 0.29) is 17.1 Å². The van der Waals surface area contributed by atoms with Crippen molar-refractivity contribution in [3.63, 3.8) is 0 Å². The van der Waals surface area contributed by atoms with Gasteiger partial charge in [-0.15, -0.1) is 0 Å². The van der Waals surface area contributed by atoms with Crippen LogP contribution < -0.4 is 4.72 Å². The number of nitrogens with zero attached hydrogens (tertiary/aromatic N) is 2. The number of hydrogen-bond acceptors (Lipinski definition) is 4. The molecule has 3 fully saturated rings. The lowest BCUT2D eigenvalue weighted by atomic mass is 9.81. The Hall–Kier alpha value is -3.07. The molecular formula is C32H35N3O4S. The lowest BCUT2D eigenvalue weighted by Crippen LogP contribution is -2.41. The van der Waals surface area contributed by atoms with Gasteiger partial charge in [-0.3, -0.25) is 9.59 Å². The number of morpholine rings is 1. The molecule has 2 aromatic carbocycles. The SMILES string of the molecule is O=C(N[S+]([O-])C1CC1)c1ccc2c(C3CCCCC3)c3n(c2c1)CC(C(=O)N1CCOCC1)=Cc1ccccc1-3. The molecule has 0 spiro atoms. The largest absolute Gasteiger partial charge is 0.593 e. The number of aromatic nitrogens is 1. The van der Waals surface area contributed by atoms with Gasteiger partial charge in [-0.1, -0.05) is 49.6 Å². The number of rotatable bonds is 5. The maximum Gasteiger partial charge on any atom is 0.292 e. The van der Waals surface area contributed by atoms with E-state index in [0.717, 1.165) is 59.0 Å². The van der Waals surface area contributed by atoms with Gasteiger partial charge in [0.1, 0.15) is 5.25 Å². The van der Waals surface area contributed by atoms with Crippen LogP contribution in [-0.2, 0) is 27.4 Å². The van der Waals surface area contributed by atoms with Gasteiger partial charge >= 0.3 is 0 Å². The number of nitrogens with one attached hydrogen (secondary N) is 1. The predicted octanol–water partition coefficient (Wildman–Crippen LogP) is 5.17. The smallest absolute Gasteiger partial charge is 0.292 e. The second-order valence-corrected chi connectivity index (χ2v) is 13.0. The highest BCUT2D eigenvalue weighted by Crippen LogP contribution is 2.46. The van der Waals surface area contributed by atoms with Crippen LogP contribution in [0.15, 0.2) is 48.0 Å². The molecule has 0 radical (unpaired) electrons. The summed E-state index contributed by atoms with van der Waals surface area (Å²) in [6.45, 7) is 2.72. The van der Waals surface area contributed by atoms with Crippen LogP contribution in [0.3, 0.4) is 0 Å². The fourth-order valence-electron chi connectivity index (χ4n) is 6.63. The summed E-state index contributed by atoms with van der Waals surface area (Å²) < 4.78 is 22.9. The molecule has 2 amide bonds. The van der Waals surface area contributed by atoms with Gasteiger partial charge in [0.2, 0.25) is 0 Å². The minimum atomic E-state index is -1.35. The summed E-state index contributed by atoms with van der Waals surface area (Å²) in [6.07, 6.45) is 9.84. The van der Waals surface area contributed by atoms with Gasteiger partial charge < -0.3 is 18.8 Å². The minimum absolute atomic E-state index is 0.0424. The molecular weight excluding hydrogens is 522 g/mol. The van der Waals surface area contributed by atoms with Gasteiger partial charge in [0.05, 0.1) is 36.8 Å². The average molecular weight is 558 g/mol. The molecule has 0 bridgehead atoms. The van der Waals surface area contributed by atoms with Crippen LogP contribution in [0, 0.1) is 0 Å². The third kappa shape index (κ3) is 4.76. The molecule has 7 rings (SSSR count). The van der Waals surface area contributed by atoms with Crippen molar-refractivity contribution < 1.29 is 18.9 Å². The van der Waals surface area contributed by atoms with E-state index < -0.39 is 11.4 Å². The van der Waals surface area contributed by atoms with E-state index in [9.17, 15) is 14.1 Å². The molecule has 8 heteroatoms. The molecule has 1 atom stereocenters. The number of ether oxygens (including phenoxy) is 1. The van der Waals surface area contributed by atoms with E-state index >= 15 is 0 Å². The molecule has 2 aliphatic heterocycles. The summed E-state index contributed by atoms with van der Waals surface area (Å²) in [5.74, 6) is 0.163. The average Bonchev–Trinajstić information content (AvgIpc) is 3.82. The predicted molar refractivity (Wildman–Crippen MR) is 157 cm³/mol. The molecule has 4 aliphatic rings. The van der Waals surface area contributed by atoms with E-state index in [2.05, 4.69) is 39.6 Å². The Labute approximate surface area is 237 Å². The number of benzene rings is 2. The number of hydrogen-bond donors (Lipinski definition) is 1. The number of carbonyl (C=O) groups excluding carboxylic acids is 2. The van der Waals surface area contributed by atoms with Gasteiger partial charge in [-0.25, -0.2) is 0 Å². The Balaban J connectivity index is 1.38. The normalized spacial score (nSPS) is 20.3. The van der Waals surface area contributed by atoms with Gasteiger partial charge in [0, 0.05) is 53.5 Å². The van der Waals surface area contributed by atoms with E-state index in [1.807, 2.05) is 23.1 Å². The number of carbonyl (C=O) groups is 2. The van der Waals surface area contributed by atoms with Crippen molar-refractivity contribution in [2.24, 2.45) is 0 Å². The zero-order chi connectivity index (χ0) is 27.2. The third-order valence-electron chi connectivity index (χ3n) is 8.85. The molecule has 1 N–H and O–H groups in total. The van der Waals surface area contributed by atoms with Gasteiger partial charge in [0.15, 0.2) is 0 Å². The third-order valence-corrected chi connectivity index (χ3v) is 10.3. The molecule has 1 aromatic heterocycles. The van der Waals surface area contributed by atoms with Crippen LogP contribution in [0.1, 0.15) is 72.3 Å². The second-order valence-electron chi connectivity index (χ2n) is 11.5. The second kappa shape index (κ2) is 10.7. The maximum absolute atomic E-state index is 13.8. The summed E-state index contributed by atoms with van der Waals surface area (Å²) in [4.78, 5) is 28.9. The zero-order valence-corrected chi connectivity index (χ0v) is 23.5. The maximum atomic E-state index is 13.8. The minimum Gasteiger partial charge on any atom is -0.593 e. The molecule has 208 valence electrons. The van der Waals surface area contributed by atoms with Crippen LogP contribution in [0.4, 0.5) is 0 Å². The van der Waals surface area contributed by atoms with E-state index in [4.69, 9.17) is 4.74 Å². The standard InChI is InChI=1S/C32H35N3O4S/c36-31(33-40(38)25-11-12-25)23-10-13-27-28(19-23)35-20-24(32(37)34-14-16-39-17-15-34)18-22-8-4-5-9-26(22)30(35)29(27)21-6-2-1-3-7-21/h4-5,8-10,13,18-19,21,25H,1-3,6-7,11-12,14-17,20H2,(H,33,36). The van der Waals surface area contributed by atoms with Crippen molar-refractivity contribution in [1.82, 2.24) is 14.2 Å². The van der Waals surface area contributed by atoms with Crippen molar-refractivity contribution in [2.75, 3.05) is 26.3 Å². The highest BCUT2D eigenvalue weighted by molar-refractivity contribution is 7.91. The summed E-state index contributed by atoms with van der Waals surface area (Å²) >= 11 is -1.35. The fraction of sp³-hybridized carbons (Fsp3) is 0.438. The monoisotopic (exact) mass is 557 g/mol. The van der Waals surface area contributed by atoms with Crippen molar-refractivity contribution in [3.8, 4) is 11.3 Å². The Morgan fingerprint density at radius 3 is 2.52 bits per heavy atom. The molecule has 3 aromatic rings. The van der Waals surface area contributed by atoms with E-state index in [0.29, 0.717) is 44.3 Å². The molecule has 2 saturated carbocycles. The van der Waals surface area contributed by atoms with E-state index in [1.54, 1.807) is 0 Å². The first-order valence-electron chi connectivity index (χ1n) is 14.6. The van der Waals surface area contributed by atoms with Crippen molar-refractivity contribution in [2.45, 2.75) is 62.7 Å². The van der Waals surface area contributed by atoms with Crippen molar-refractivity contribution in [3.05, 3.63) is 64.7 Å².